The standard InChI is InChI=1S/C19H20F3N3O/c1-12-10-17(14-4-3-5-16(11-14)26-15-6-7-15)23-18-8-9-24(25(12)18)13(2)19(20,21)22/h3-5,8,10-11,13,15H,6-7,9H2,1-2H3. The molecular formula is C19H20F3N3O. The Hall–Kier alpha value is -2.28. The number of ether oxygens (including phenoxy) is 1. The summed E-state index contributed by atoms with van der Waals surface area (Å²) in [5, 5.41) is 2.83. The highest BCUT2D eigenvalue weighted by atomic mass is 19.4. The molecule has 0 amide bonds. The van der Waals surface area contributed by atoms with Crippen LogP contribution in [0.4, 0.5) is 13.2 Å². The summed E-state index contributed by atoms with van der Waals surface area (Å²) >= 11 is 0. The van der Waals surface area contributed by atoms with Crippen molar-refractivity contribution in [2.45, 2.75) is 45.0 Å². The Morgan fingerprint density at radius 1 is 1.27 bits per heavy atom. The van der Waals surface area contributed by atoms with Gasteiger partial charge in [0.15, 0.2) is 0 Å². The van der Waals surface area contributed by atoms with Crippen LogP contribution in [0.5, 0.6) is 5.75 Å². The molecule has 3 aliphatic rings. The van der Waals surface area contributed by atoms with E-state index in [0.717, 1.165) is 29.9 Å². The van der Waals surface area contributed by atoms with Crippen molar-refractivity contribution in [3.8, 4) is 5.75 Å². The fourth-order valence-electron chi connectivity index (χ4n) is 3.12. The number of aliphatic imine (C=N–C) groups is 1. The van der Waals surface area contributed by atoms with Crippen molar-refractivity contribution in [1.82, 2.24) is 10.0 Å². The summed E-state index contributed by atoms with van der Waals surface area (Å²) < 4.78 is 45.2. The number of hydrogen-bond donors (Lipinski definition) is 0. The topological polar surface area (TPSA) is 28.1 Å². The van der Waals surface area contributed by atoms with Gasteiger partial charge in [-0.1, -0.05) is 12.1 Å². The lowest BCUT2D eigenvalue weighted by Crippen LogP contribution is -2.49. The van der Waals surface area contributed by atoms with Gasteiger partial charge in [0, 0.05) is 17.8 Å². The molecule has 0 spiro atoms. The maximum absolute atomic E-state index is 13.1. The third-order valence-corrected chi connectivity index (χ3v) is 4.73. The van der Waals surface area contributed by atoms with Gasteiger partial charge >= 0.3 is 6.18 Å². The molecular weight excluding hydrogens is 343 g/mol. The van der Waals surface area contributed by atoms with Gasteiger partial charge in [-0.3, -0.25) is 5.01 Å². The van der Waals surface area contributed by atoms with Gasteiger partial charge in [0.1, 0.15) is 17.6 Å². The van der Waals surface area contributed by atoms with E-state index in [-0.39, 0.29) is 6.54 Å². The number of fused-ring (bicyclic) bond motifs is 1. The maximum atomic E-state index is 13.1. The molecule has 1 fully saturated rings. The average Bonchev–Trinajstić information content (AvgIpc) is 3.29. The van der Waals surface area contributed by atoms with Gasteiger partial charge in [-0.05, 0) is 51.0 Å². The van der Waals surface area contributed by atoms with Gasteiger partial charge in [0.2, 0.25) is 0 Å². The smallest absolute Gasteiger partial charge is 0.405 e. The molecule has 0 N–H and O–H groups in total. The Kier molecular flexibility index (Phi) is 4.06. The second-order valence-electron chi connectivity index (χ2n) is 6.84. The zero-order valence-electron chi connectivity index (χ0n) is 14.6. The minimum absolute atomic E-state index is 0.183. The number of hydrazine groups is 1. The van der Waals surface area contributed by atoms with E-state index in [1.807, 2.05) is 30.3 Å². The fraction of sp³-hybridized carbons (Fsp3) is 0.421. The molecule has 138 valence electrons. The van der Waals surface area contributed by atoms with Gasteiger partial charge in [-0.2, -0.15) is 18.2 Å². The lowest BCUT2D eigenvalue weighted by molar-refractivity contribution is -0.201. The molecule has 1 aromatic rings. The molecule has 0 aromatic heterocycles. The summed E-state index contributed by atoms with van der Waals surface area (Å²) in [6, 6.07) is 6.11. The predicted octanol–water partition coefficient (Wildman–Crippen LogP) is 4.26. The Morgan fingerprint density at radius 2 is 2.04 bits per heavy atom. The van der Waals surface area contributed by atoms with Crippen molar-refractivity contribution in [2.75, 3.05) is 6.54 Å². The van der Waals surface area contributed by atoms with E-state index >= 15 is 0 Å². The van der Waals surface area contributed by atoms with Crippen LogP contribution in [-0.4, -0.2) is 40.6 Å². The van der Waals surface area contributed by atoms with E-state index in [4.69, 9.17) is 4.74 Å². The second-order valence-corrected chi connectivity index (χ2v) is 6.84. The quantitative estimate of drug-likeness (QED) is 0.800. The molecule has 2 aliphatic heterocycles. The van der Waals surface area contributed by atoms with E-state index in [9.17, 15) is 13.2 Å². The van der Waals surface area contributed by atoms with Crippen LogP contribution in [0.2, 0.25) is 0 Å². The highest BCUT2D eigenvalue weighted by Gasteiger charge is 2.45. The van der Waals surface area contributed by atoms with Gasteiger partial charge in [-0.25, -0.2) is 4.99 Å². The number of rotatable bonds is 4. The number of halogens is 3. The zero-order chi connectivity index (χ0) is 18.5. The first kappa shape index (κ1) is 17.1. The van der Waals surface area contributed by atoms with Crippen LogP contribution >= 0.6 is 0 Å². The van der Waals surface area contributed by atoms with Crippen molar-refractivity contribution >= 4 is 5.71 Å². The Morgan fingerprint density at radius 3 is 2.73 bits per heavy atom. The van der Waals surface area contributed by atoms with Crippen molar-refractivity contribution in [2.24, 2.45) is 4.99 Å². The molecule has 1 atom stereocenters. The molecule has 1 aliphatic carbocycles. The first-order valence-electron chi connectivity index (χ1n) is 8.70. The monoisotopic (exact) mass is 363 g/mol. The molecule has 0 bridgehead atoms. The van der Waals surface area contributed by atoms with E-state index in [1.54, 1.807) is 18.0 Å². The molecule has 4 rings (SSSR count). The summed E-state index contributed by atoms with van der Waals surface area (Å²) in [7, 11) is 0. The summed E-state index contributed by atoms with van der Waals surface area (Å²) in [5.41, 5.74) is 2.33. The number of hydrogen-bond acceptors (Lipinski definition) is 4. The normalized spacial score (nSPS) is 21.7. The summed E-state index contributed by atoms with van der Waals surface area (Å²) in [5.74, 6) is 1.33. The van der Waals surface area contributed by atoms with E-state index in [2.05, 4.69) is 4.99 Å². The Labute approximate surface area is 150 Å². The van der Waals surface area contributed by atoms with Gasteiger partial charge < -0.3 is 4.74 Å². The summed E-state index contributed by atoms with van der Waals surface area (Å²) in [6.45, 7) is 3.15. The van der Waals surface area contributed by atoms with E-state index < -0.39 is 12.2 Å². The number of alkyl halides is 3. The molecule has 4 nitrogen and oxygen atoms in total. The summed E-state index contributed by atoms with van der Waals surface area (Å²) in [6.07, 6.45) is 1.72. The van der Waals surface area contributed by atoms with Crippen LogP contribution < -0.4 is 4.74 Å². The molecule has 7 heteroatoms. The first-order valence-corrected chi connectivity index (χ1v) is 8.70. The van der Waals surface area contributed by atoms with Crippen molar-refractivity contribution in [3.63, 3.8) is 0 Å². The highest BCUT2D eigenvalue weighted by molar-refractivity contribution is 6.10. The molecule has 2 heterocycles. The van der Waals surface area contributed by atoms with Gasteiger partial charge in [0.25, 0.3) is 0 Å². The van der Waals surface area contributed by atoms with Crippen LogP contribution in [0.1, 0.15) is 32.3 Å². The number of benzene rings is 1. The third kappa shape index (κ3) is 3.23. The Balaban J connectivity index is 1.58. The van der Waals surface area contributed by atoms with Gasteiger partial charge in [-0.15, -0.1) is 0 Å². The maximum Gasteiger partial charge on any atom is 0.405 e. The first-order chi connectivity index (χ1) is 12.3. The second kappa shape index (κ2) is 6.16. The minimum Gasteiger partial charge on any atom is -0.490 e. The lowest BCUT2D eigenvalue weighted by Gasteiger charge is -2.38. The van der Waals surface area contributed by atoms with Crippen molar-refractivity contribution in [1.29, 1.82) is 0 Å². The number of allylic oxidation sites excluding steroid dienone is 2. The number of nitrogens with zero attached hydrogens (tertiary/aromatic N) is 3. The van der Waals surface area contributed by atoms with Crippen molar-refractivity contribution < 1.29 is 17.9 Å². The molecule has 0 saturated heterocycles. The zero-order valence-corrected chi connectivity index (χ0v) is 14.6. The molecule has 1 saturated carbocycles. The van der Waals surface area contributed by atoms with Crippen LogP contribution in [0, 0.1) is 0 Å². The predicted molar refractivity (Wildman–Crippen MR) is 92.5 cm³/mol. The Bertz CT molecular complexity index is 808. The SMILES string of the molecule is CC1=CC(c2cccc(OC3CC3)c2)=NC2=CCN(C(C)C(F)(F)F)N12. The third-order valence-electron chi connectivity index (χ3n) is 4.73. The fourth-order valence-corrected chi connectivity index (χ4v) is 3.12. The minimum atomic E-state index is -4.29. The highest BCUT2D eigenvalue weighted by Crippen LogP contribution is 2.35. The average molecular weight is 363 g/mol. The van der Waals surface area contributed by atoms with Crippen LogP contribution in [0.25, 0.3) is 0 Å². The van der Waals surface area contributed by atoms with Crippen LogP contribution in [0.15, 0.2) is 52.9 Å². The molecule has 1 unspecified atom stereocenters. The van der Waals surface area contributed by atoms with Gasteiger partial charge in [0.05, 0.1) is 11.8 Å². The largest absolute Gasteiger partial charge is 0.490 e. The molecule has 1 aromatic carbocycles. The van der Waals surface area contributed by atoms with E-state index in [1.165, 1.54) is 11.9 Å². The van der Waals surface area contributed by atoms with E-state index in [0.29, 0.717) is 17.6 Å². The summed E-state index contributed by atoms with van der Waals surface area (Å²) in [4.78, 5) is 4.58. The lowest BCUT2D eigenvalue weighted by atomic mass is 10.1. The van der Waals surface area contributed by atoms with Crippen molar-refractivity contribution in [3.05, 3.63) is 53.5 Å². The van der Waals surface area contributed by atoms with Crippen LogP contribution in [0.3, 0.4) is 0 Å². The molecule has 0 radical (unpaired) electrons. The van der Waals surface area contributed by atoms with Crippen LogP contribution in [-0.2, 0) is 0 Å². The molecule has 26 heavy (non-hydrogen) atoms.